The average molecular weight is 461 g/mol. The molecule has 3 N–H and O–H groups in total. The highest BCUT2D eigenvalue weighted by atomic mass is 79.9. The van der Waals surface area contributed by atoms with E-state index < -0.39 is 17.3 Å². The van der Waals surface area contributed by atoms with Gasteiger partial charge in [0.2, 0.25) is 11.8 Å². The second kappa shape index (κ2) is 6.45. The van der Waals surface area contributed by atoms with Crippen LogP contribution in [0.1, 0.15) is 39.2 Å². The van der Waals surface area contributed by atoms with Crippen LogP contribution in [-0.4, -0.2) is 24.3 Å². The number of amides is 1. The van der Waals surface area contributed by atoms with Gasteiger partial charge in [0.25, 0.3) is 0 Å². The summed E-state index contributed by atoms with van der Waals surface area (Å²) in [4.78, 5) is 39.8. The number of carbonyl (C=O) groups excluding carboxylic acids is 3. The van der Waals surface area contributed by atoms with Crippen LogP contribution in [0.5, 0.6) is 0 Å². The smallest absolute Gasteiger partial charge is 0.341 e. The molecule has 2 heterocycles. The van der Waals surface area contributed by atoms with Crippen LogP contribution in [-0.2, 0) is 29.3 Å². The first-order chi connectivity index (χ1) is 13.6. The molecule has 2 aliphatic heterocycles. The van der Waals surface area contributed by atoms with Gasteiger partial charge in [-0.25, -0.2) is 4.79 Å². The van der Waals surface area contributed by atoms with E-state index in [0.29, 0.717) is 27.9 Å². The number of anilines is 1. The van der Waals surface area contributed by atoms with Crippen molar-refractivity contribution in [2.45, 2.75) is 39.0 Å². The summed E-state index contributed by atoms with van der Waals surface area (Å²) in [5.41, 5.74) is 5.14. The molecule has 0 fully saturated rings. The van der Waals surface area contributed by atoms with Gasteiger partial charge in [0.15, 0.2) is 5.78 Å². The third-order valence-electron chi connectivity index (χ3n) is 5.52. The van der Waals surface area contributed by atoms with Crippen LogP contribution in [0.2, 0.25) is 0 Å². The van der Waals surface area contributed by atoms with E-state index in [9.17, 15) is 14.4 Å². The molecular formula is C21H21BrN2O5. The SMILES string of the molecule is CCOC(=O)C1=C(N)OC2=C(C(=O)CC(C)(C)C2)[C@@]12C(=O)Nc1ccc(Br)cc12. The molecule has 1 aromatic rings. The molecule has 1 spiro atoms. The van der Waals surface area contributed by atoms with Gasteiger partial charge < -0.3 is 20.5 Å². The first-order valence-corrected chi connectivity index (χ1v) is 10.1. The number of Topliss-reactive ketones (excluding diaryl/α,β-unsaturated/α-hetero) is 1. The van der Waals surface area contributed by atoms with Crippen LogP contribution >= 0.6 is 15.9 Å². The lowest BCUT2D eigenvalue weighted by atomic mass is 9.62. The average Bonchev–Trinajstić information content (AvgIpc) is 2.86. The fraction of sp³-hybridized carbons (Fsp3) is 0.381. The van der Waals surface area contributed by atoms with Gasteiger partial charge in [0.1, 0.15) is 16.7 Å². The Balaban J connectivity index is 2.08. The highest BCUT2D eigenvalue weighted by Crippen LogP contribution is 2.56. The molecule has 1 amide bonds. The molecule has 8 heteroatoms. The number of benzene rings is 1. The molecule has 0 bridgehead atoms. The second-order valence-corrected chi connectivity index (χ2v) is 9.11. The molecule has 4 rings (SSSR count). The molecule has 29 heavy (non-hydrogen) atoms. The van der Waals surface area contributed by atoms with E-state index >= 15 is 0 Å². The lowest BCUT2D eigenvalue weighted by Crippen LogP contribution is -2.50. The van der Waals surface area contributed by atoms with Gasteiger partial charge in [0, 0.05) is 28.6 Å². The normalized spacial score (nSPS) is 24.8. The number of hydrogen-bond donors (Lipinski definition) is 2. The van der Waals surface area contributed by atoms with E-state index in [1.807, 2.05) is 13.8 Å². The van der Waals surface area contributed by atoms with Crippen LogP contribution < -0.4 is 11.1 Å². The molecule has 1 aromatic carbocycles. The minimum absolute atomic E-state index is 0.0888. The summed E-state index contributed by atoms with van der Waals surface area (Å²) < 4.78 is 11.7. The van der Waals surface area contributed by atoms with Crippen molar-refractivity contribution in [3.63, 3.8) is 0 Å². The van der Waals surface area contributed by atoms with Gasteiger partial charge in [-0.2, -0.15) is 0 Å². The Kier molecular flexibility index (Phi) is 4.38. The van der Waals surface area contributed by atoms with E-state index in [1.165, 1.54) is 0 Å². The molecule has 0 radical (unpaired) electrons. The molecule has 152 valence electrons. The number of nitrogens with two attached hydrogens (primary N) is 1. The molecule has 7 nitrogen and oxygen atoms in total. The fourth-order valence-corrected chi connectivity index (χ4v) is 4.85. The zero-order chi connectivity index (χ0) is 21.1. The summed E-state index contributed by atoms with van der Waals surface area (Å²) in [6.45, 7) is 5.64. The number of halogens is 1. The number of hydrogen-bond acceptors (Lipinski definition) is 6. The first kappa shape index (κ1) is 19.7. The number of nitrogens with one attached hydrogen (secondary N) is 1. The molecule has 1 atom stereocenters. The maximum Gasteiger partial charge on any atom is 0.341 e. The van der Waals surface area contributed by atoms with Crippen LogP contribution in [0, 0.1) is 5.41 Å². The number of fused-ring (bicyclic) bond motifs is 3. The molecule has 0 aromatic heterocycles. The molecule has 3 aliphatic rings. The minimum atomic E-state index is -1.70. The predicted octanol–water partition coefficient (Wildman–Crippen LogP) is 3.05. The molecular weight excluding hydrogens is 440 g/mol. The highest BCUT2D eigenvalue weighted by molar-refractivity contribution is 9.10. The van der Waals surface area contributed by atoms with Crippen molar-refractivity contribution >= 4 is 39.3 Å². The van der Waals surface area contributed by atoms with Gasteiger partial charge in [-0.1, -0.05) is 29.8 Å². The predicted molar refractivity (Wildman–Crippen MR) is 108 cm³/mol. The van der Waals surface area contributed by atoms with Crippen molar-refractivity contribution in [3.05, 3.63) is 51.0 Å². The van der Waals surface area contributed by atoms with Gasteiger partial charge in [-0.3, -0.25) is 9.59 Å². The Bertz CT molecular complexity index is 1040. The summed E-state index contributed by atoms with van der Waals surface area (Å²) in [6, 6.07) is 5.22. The molecule has 0 unspecified atom stereocenters. The number of rotatable bonds is 2. The second-order valence-electron chi connectivity index (χ2n) is 8.19. The Morgan fingerprint density at radius 1 is 1.31 bits per heavy atom. The summed E-state index contributed by atoms with van der Waals surface area (Å²) in [6.07, 6.45) is 0.646. The van der Waals surface area contributed by atoms with Crippen LogP contribution in [0.15, 0.2) is 45.5 Å². The first-order valence-electron chi connectivity index (χ1n) is 9.35. The highest BCUT2D eigenvalue weighted by Gasteiger charge is 2.62. The van der Waals surface area contributed by atoms with E-state index in [4.69, 9.17) is 15.2 Å². The summed E-state index contributed by atoms with van der Waals surface area (Å²) in [5, 5.41) is 2.81. The van der Waals surface area contributed by atoms with E-state index in [0.717, 1.165) is 0 Å². The standard InChI is InChI=1S/C21H21BrN2O5/c1-4-28-18(26)16-17(23)29-14-9-20(2,3)8-13(25)15(14)21(16)11-7-10(22)5-6-12(11)24-19(21)27/h5-7H,4,8-9,23H2,1-3H3,(H,24,27)/t21-/m1/s1. The zero-order valence-electron chi connectivity index (χ0n) is 16.3. The van der Waals surface area contributed by atoms with Gasteiger partial charge >= 0.3 is 5.97 Å². The largest absolute Gasteiger partial charge is 0.462 e. The summed E-state index contributed by atoms with van der Waals surface area (Å²) in [7, 11) is 0. The monoisotopic (exact) mass is 460 g/mol. The summed E-state index contributed by atoms with van der Waals surface area (Å²) >= 11 is 3.42. The van der Waals surface area contributed by atoms with Crippen LogP contribution in [0.4, 0.5) is 5.69 Å². The van der Waals surface area contributed by atoms with Crippen molar-refractivity contribution in [2.24, 2.45) is 11.1 Å². The lowest BCUT2D eigenvalue weighted by Gasteiger charge is -2.42. The number of ether oxygens (including phenoxy) is 2. The third kappa shape index (κ3) is 2.73. The maximum absolute atomic E-state index is 13.5. The van der Waals surface area contributed by atoms with E-state index in [1.54, 1.807) is 25.1 Å². The van der Waals surface area contributed by atoms with Crippen LogP contribution in [0.3, 0.4) is 0 Å². The maximum atomic E-state index is 13.5. The lowest BCUT2D eigenvalue weighted by molar-refractivity contribution is -0.141. The third-order valence-corrected chi connectivity index (χ3v) is 6.01. The molecule has 0 saturated heterocycles. The summed E-state index contributed by atoms with van der Waals surface area (Å²) in [5.74, 6) is -1.42. The number of allylic oxidation sites excluding steroid dienone is 1. The topological polar surface area (TPSA) is 108 Å². The molecule has 0 saturated carbocycles. The minimum Gasteiger partial charge on any atom is -0.462 e. The Morgan fingerprint density at radius 3 is 2.72 bits per heavy atom. The van der Waals surface area contributed by atoms with Crippen molar-refractivity contribution in [1.29, 1.82) is 0 Å². The molecule has 1 aliphatic carbocycles. The van der Waals surface area contributed by atoms with Crippen LogP contribution in [0.25, 0.3) is 0 Å². The quantitative estimate of drug-likeness (QED) is 0.656. The van der Waals surface area contributed by atoms with Gasteiger partial charge in [-0.15, -0.1) is 0 Å². The fourth-order valence-electron chi connectivity index (χ4n) is 4.49. The van der Waals surface area contributed by atoms with Crippen molar-refractivity contribution in [2.75, 3.05) is 11.9 Å². The number of esters is 1. The van der Waals surface area contributed by atoms with Crippen molar-refractivity contribution < 1.29 is 23.9 Å². The Morgan fingerprint density at radius 2 is 2.03 bits per heavy atom. The Labute approximate surface area is 176 Å². The van der Waals surface area contributed by atoms with Crippen molar-refractivity contribution in [1.82, 2.24) is 0 Å². The van der Waals surface area contributed by atoms with Gasteiger partial charge in [-0.05, 0) is 30.5 Å². The van der Waals surface area contributed by atoms with Gasteiger partial charge in [0.05, 0.1) is 12.2 Å². The number of ketones is 1. The number of carbonyl (C=O) groups is 3. The van der Waals surface area contributed by atoms with Crippen molar-refractivity contribution in [3.8, 4) is 0 Å². The Hall–Kier alpha value is -2.61. The van der Waals surface area contributed by atoms with E-state index in [2.05, 4.69) is 21.2 Å². The van der Waals surface area contributed by atoms with E-state index in [-0.39, 0.29) is 41.3 Å². The zero-order valence-corrected chi connectivity index (χ0v) is 17.9.